The van der Waals surface area contributed by atoms with E-state index in [2.05, 4.69) is 10.4 Å². The number of nitrogens with two attached hydrogens (primary N) is 1. The van der Waals surface area contributed by atoms with Crippen molar-refractivity contribution in [1.82, 2.24) is 4.98 Å². The Balaban J connectivity index is 0.000000980. The van der Waals surface area contributed by atoms with Gasteiger partial charge in [-0.3, -0.25) is 0 Å². The number of hydrogen-bond donors (Lipinski definition) is 1. The van der Waals surface area contributed by atoms with Crippen LogP contribution in [0.5, 0.6) is 0 Å². The average molecular weight is 233 g/mol. The minimum absolute atomic E-state index is 0. The van der Waals surface area contributed by atoms with Gasteiger partial charge in [0.1, 0.15) is 0 Å². The molecule has 0 spiro atoms. The largest absolute Gasteiger partial charge is 0.330 e. The number of hydrogen-bond acceptors (Lipinski definition) is 3. The van der Waals surface area contributed by atoms with E-state index in [1.165, 1.54) is 30.7 Å². The highest BCUT2D eigenvalue weighted by Gasteiger charge is 2.22. The molecule has 2 N–H and O–H groups in total. The molecule has 0 aromatic carbocycles. The van der Waals surface area contributed by atoms with Crippen molar-refractivity contribution in [3.63, 3.8) is 0 Å². The summed E-state index contributed by atoms with van der Waals surface area (Å²) >= 11 is 1.80. The van der Waals surface area contributed by atoms with Crippen molar-refractivity contribution < 1.29 is 0 Å². The van der Waals surface area contributed by atoms with Crippen LogP contribution in [-0.2, 0) is 0 Å². The van der Waals surface area contributed by atoms with E-state index in [1.807, 2.05) is 6.20 Å². The van der Waals surface area contributed by atoms with Crippen LogP contribution >= 0.6 is 23.7 Å². The van der Waals surface area contributed by atoms with Crippen LogP contribution in [0, 0.1) is 5.92 Å². The van der Waals surface area contributed by atoms with Gasteiger partial charge >= 0.3 is 0 Å². The summed E-state index contributed by atoms with van der Waals surface area (Å²) in [6, 6.07) is 0. The lowest BCUT2D eigenvalue weighted by Crippen LogP contribution is -2.20. The fraction of sp³-hybridized carbons (Fsp3) is 0.700. The molecule has 0 aliphatic heterocycles. The summed E-state index contributed by atoms with van der Waals surface area (Å²) in [4.78, 5) is 4.38. The predicted molar refractivity (Wildman–Crippen MR) is 63.1 cm³/mol. The second-order valence-electron chi connectivity index (χ2n) is 3.82. The molecule has 2 nitrogen and oxygen atoms in total. The molecule has 14 heavy (non-hydrogen) atoms. The van der Waals surface area contributed by atoms with Crippen molar-refractivity contribution >= 4 is 23.7 Å². The Kier molecular flexibility index (Phi) is 4.85. The van der Waals surface area contributed by atoms with Crippen LogP contribution in [0.25, 0.3) is 0 Å². The van der Waals surface area contributed by atoms with Crippen molar-refractivity contribution in [2.75, 3.05) is 6.54 Å². The van der Waals surface area contributed by atoms with Crippen molar-refractivity contribution in [2.24, 2.45) is 11.7 Å². The zero-order valence-electron chi connectivity index (χ0n) is 8.19. The SMILES string of the molecule is Cl.NCC1CCC(c2nccs2)CC1. The van der Waals surface area contributed by atoms with E-state index in [4.69, 9.17) is 5.73 Å². The van der Waals surface area contributed by atoms with Crippen molar-refractivity contribution in [3.05, 3.63) is 16.6 Å². The minimum atomic E-state index is 0. The highest BCUT2D eigenvalue weighted by atomic mass is 35.5. The van der Waals surface area contributed by atoms with Gasteiger partial charge in [-0.25, -0.2) is 4.98 Å². The lowest BCUT2D eigenvalue weighted by molar-refractivity contribution is 0.332. The number of rotatable bonds is 2. The lowest BCUT2D eigenvalue weighted by atomic mass is 9.82. The molecule has 0 unspecified atom stereocenters. The van der Waals surface area contributed by atoms with Crippen LogP contribution in [-0.4, -0.2) is 11.5 Å². The Morgan fingerprint density at radius 1 is 1.36 bits per heavy atom. The Bertz CT molecular complexity index is 243. The first kappa shape index (κ1) is 12.0. The first-order valence-corrected chi connectivity index (χ1v) is 5.87. The van der Waals surface area contributed by atoms with Gasteiger partial charge in [0.15, 0.2) is 0 Å². The molecular weight excluding hydrogens is 216 g/mol. The van der Waals surface area contributed by atoms with Gasteiger partial charge in [0.2, 0.25) is 0 Å². The Morgan fingerprint density at radius 3 is 2.57 bits per heavy atom. The van der Waals surface area contributed by atoms with Crippen LogP contribution < -0.4 is 5.73 Å². The van der Waals surface area contributed by atoms with E-state index < -0.39 is 0 Å². The summed E-state index contributed by atoms with van der Waals surface area (Å²) in [6.07, 6.45) is 7.07. The van der Waals surface area contributed by atoms with Gasteiger partial charge in [-0.1, -0.05) is 0 Å². The van der Waals surface area contributed by atoms with Gasteiger partial charge in [0, 0.05) is 17.5 Å². The topological polar surface area (TPSA) is 38.9 Å². The Hall–Kier alpha value is -0.120. The van der Waals surface area contributed by atoms with Gasteiger partial charge in [0.25, 0.3) is 0 Å². The van der Waals surface area contributed by atoms with E-state index >= 15 is 0 Å². The molecule has 1 heterocycles. The molecule has 0 atom stereocenters. The summed E-state index contributed by atoms with van der Waals surface area (Å²) in [5, 5.41) is 3.40. The first-order chi connectivity index (χ1) is 6.40. The van der Waals surface area contributed by atoms with Crippen molar-refractivity contribution in [1.29, 1.82) is 0 Å². The quantitative estimate of drug-likeness (QED) is 0.852. The Labute approximate surface area is 95.3 Å². The van der Waals surface area contributed by atoms with Gasteiger partial charge in [0.05, 0.1) is 5.01 Å². The van der Waals surface area contributed by atoms with Gasteiger partial charge in [-0.05, 0) is 38.1 Å². The molecule has 1 saturated carbocycles. The molecule has 1 aliphatic rings. The summed E-state index contributed by atoms with van der Waals surface area (Å²) in [5.41, 5.74) is 5.65. The number of nitrogens with zero attached hydrogens (tertiary/aromatic N) is 1. The van der Waals surface area contributed by atoms with E-state index in [-0.39, 0.29) is 12.4 Å². The fourth-order valence-corrected chi connectivity index (χ4v) is 2.89. The molecule has 1 aromatic rings. The van der Waals surface area contributed by atoms with E-state index in [9.17, 15) is 0 Å². The molecule has 0 radical (unpaired) electrons. The predicted octanol–water partition coefficient (Wildman–Crippen LogP) is 2.80. The highest BCUT2D eigenvalue weighted by Crippen LogP contribution is 2.35. The fourth-order valence-electron chi connectivity index (χ4n) is 2.08. The molecule has 4 heteroatoms. The molecule has 0 bridgehead atoms. The van der Waals surface area contributed by atoms with Crippen molar-refractivity contribution in [2.45, 2.75) is 31.6 Å². The third-order valence-electron chi connectivity index (χ3n) is 2.98. The normalized spacial score (nSPS) is 26.9. The molecule has 2 rings (SSSR count). The van der Waals surface area contributed by atoms with Crippen LogP contribution in [0.2, 0.25) is 0 Å². The zero-order chi connectivity index (χ0) is 9.10. The van der Waals surface area contributed by atoms with E-state index in [0.29, 0.717) is 0 Å². The zero-order valence-corrected chi connectivity index (χ0v) is 9.82. The maximum atomic E-state index is 5.65. The van der Waals surface area contributed by atoms with E-state index in [1.54, 1.807) is 11.3 Å². The van der Waals surface area contributed by atoms with Crippen molar-refractivity contribution in [3.8, 4) is 0 Å². The number of aromatic nitrogens is 1. The molecule has 1 aromatic heterocycles. The molecule has 0 amide bonds. The summed E-state index contributed by atoms with van der Waals surface area (Å²) < 4.78 is 0. The number of halogens is 1. The third-order valence-corrected chi connectivity index (χ3v) is 3.92. The molecule has 80 valence electrons. The lowest BCUT2D eigenvalue weighted by Gasteiger charge is -2.26. The molecule has 1 fully saturated rings. The van der Waals surface area contributed by atoms with Crippen LogP contribution in [0.4, 0.5) is 0 Å². The third kappa shape index (κ3) is 2.69. The monoisotopic (exact) mass is 232 g/mol. The van der Waals surface area contributed by atoms with Crippen LogP contribution in [0.15, 0.2) is 11.6 Å². The standard InChI is InChI=1S/C10H16N2S.ClH/c11-7-8-1-3-9(4-2-8)10-12-5-6-13-10;/h5-6,8-9H,1-4,7,11H2;1H. The smallest absolute Gasteiger partial charge is 0.0955 e. The maximum Gasteiger partial charge on any atom is 0.0955 e. The van der Waals surface area contributed by atoms with Gasteiger partial charge in [-0.2, -0.15) is 0 Å². The summed E-state index contributed by atoms with van der Waals surface area (Å²) in [5.74, 6) is 1.50. The Morgan fingerprint density at radius 2 is 2.07 bits per heavy atom. The van der Waals surface area contributed by atoms with E-state index in [0.717, 1.165) is 18.4 Å². The molecule has 1 aliphatic carbocycles. The number of thiazole rings is 1. The average Bonchev–Trinajstić information content (AvgIpc) is 2.71. The molecular formula is C10H17ClN2S. The summed E-state index contributed by atoms with van der Waals surface area (Å²) in [7, 11) is 0. The highest BCUT2D eigenvalue weighted by molar-refractivity contribution is 7.09. The molecule has 0 saturated heterocycles. The van der Waals surface area contributed by atoms with Gasteiger partial charge in [-0.15, -0.1) is 23.7 Å². The maximum absolute atomic E-state index is 5.65. The van der Waals surface area contributed by atoms with Crippen LogP contribution in [0.3, 0.4) is 0 Å². The second-order valence-corrected chi connectivity index (χ2v) is 4.75. The summed E-state index contributed by atoms with van der Waals surface area (Å²) in [6.45, 7) is 0.866. The minimum Gasteiger partial charge on any atom is -0.330 e. The van der Waals surface area contributed by atoms with Crippen LogP contribution in [0.1, 0.15) is 36.6 Å². The second kappa shape index (κ2) is 5.69. The first-order valence-electron chi connectivity index (χ1n) is 4.99. The van der Waals surface area contributed by atoms with Gasteiger partial charge < -0.3 is 5.73 Å².